The summed E-state index contributed by atoms with van der Waals surface area (Å²) >= 11 is 5.79. The van der Waals surface area contributed by atoms with Gasteiger partial charge in [0.15, 0.2) is 5.78 Å². The molecule has 0 spiro atoms. The molecule has 0 fully saturated rings. The summed E-state index contributed by atoms with van der Waals surface area (Å²) in [6, 6.07) is 4.66. The molecule has 0 amide bonds. The Kier molecular flexibility index (Phi) is 4.50. The second-order valence-corrected chi connectivity index (χ2v) is 3.68. The molecule has 16 heavy (non-hydrogen) atoms. The molecule has 0 aromatic heterocycles. The van der Waals surface area contributed by atoms with E-state index in [0.717, 1.165) is 0 Å². The van der Waals surface area contributed by atoms with Gasteiger partial charge in [-0.05, 0) is 12.1 Å². The van der Waals surface area contributed by atoms with Crippen molar-refractivity contribution in [1.29, 1.82) is 0 Å². The molecule has 3 nitrogen and oxygen atoms in total. The smallest absolute Gasteiger partial charge is 0.310 e. The number of ketones is 1. The van der Waals surface area contributed by atoms with Crippen molar-refractivity contribution < 1.29 is 14.3 Å². The van der Waals surface area contributed by atoms with E-state index in [1.54, 1.807) is 26.0 Å². The lowest BCUT2D eigenvalue weighted by Crippen LogP contribution is -2.09. The van der Waals surface area contributed by atoms with Gasteiger partial charge < -0.3 is 4.74 Å². The molecule has 0 N–H and O–H groups in total. The number of Topliss-reactive ketones (excluding diaryl/α,β-unsaturated/α-hetero) is 1. The quantitative estimate of drug-likeness (QED) is 0.461. The monoisotopic (exact) mass is 240 g/mol. The fourth-order valence-corrected chi connectivity index (χ4v) is 1.36. The molecule has 0 radical (unpaired) electrons. The van der Waals surface area contributed by atoms with Gasteiger partial charge in [-0.1, -0.05) is 25.4 Å². The van der Waals surface area contributed by atoms with E-state index in [9.17, 15) is 9.59 Å². The van der Waals surface area contributed by atoms with Gasteiger partial charge in [0.05, 0.1) is 5.56 Å². The van der Waals surface area contributed by atoms with E-state index in [1.165, 1.54) is 6.07 Å². The Hall–Kier alpha value is -1.35. The lowest BCUT2D eigenvalue weighted by atomic mass is 10.1. The largest absolute Gasteiger partial charge is 0.426 e. The molecule has 0 saturated heterocycles. The molecule has 1 aromatic rings. The molecule has 86 valence electrons. The Balaban J connectivity index is 3.08. The van der Waals surface area contributed by atoms with Crippen LogP contribution in [0.1, 0.15) is 37.0 Å². The van der Waals surface area contributed by atoms with Crippen LogP contribution in [-0.2, 0) is 4.79 Å². The van der Waals surface area contributed by atoms with E-state index >= 15 is 0 Å². The van der Waals surface area contributed by atoms with Crippen LogP contribution in [0.3, 0.4) is 0 Å². The molecule has 0 aliphatic rings. The zero-order chi connectivity index (χ0) is 12.1. The highest BCUT2D eigenvalue weighted by Crippen LogP contribution is 2.25. The molecule has 0 aliphatic carbocycles. The van der Waals surface area contributed by atoms with Crippen molar-refractivity contribution >= 4 is 23.4 Å². The van der Waals surface area contributed by atoms with Crippen LogP contribution in [0.15, 0.2) is 18.2 Å². The van der Waals surface area contributed by atoms with Crippen LogP contribution in [0.2, 0.25) is 5.02 Å². The maximum Gasteiger partial charge on any atom is 0.310 e. The first-order valence-electron chi connectivity index (χ1n) is 5.11. The topological polar surface area (TPSA) is 43.4 Å². The van der Waals surface area contributed by atoms with Crippen LogP contribution < -0.4 is 4.74 Å². The number of hydrogen-bond acceptors (Lipinski definition) is 3. The Labute approximate surface area is 99.4 Å². The minimum Gasteiger partial charge on any atom is -0.426 e. The van der Waals surface area contributed by atoms with E-state index in [0.29, 0.717) is 17.0 Å². The summed E-state index contributed by atoms with van der Waals surface area (Å²) in [6.45, 7) is 3.44. The van der Waals surface area contributed by atoms with E-state index in [2.05, 4.69) is 0 Å². The summed E-state index contributed by atoms with van der Waals surface area (Å²) in [5.41, 5.74) is 0.397. The Morgan fingerprint density at radius 2 is 1.94 bits per heavy atom. The van der Waals surface area contributed by atoms with Gasteiger partial charge in [0, 0.05) is 23.9 Å². The lowest BCUT2D eigenvalue weighted by molar-refractivity contribution is -0.134. The van der Waals surface area contributed by atoms with E-state index in [4.69, 9.17) is 16.3 Å². The first-order chi connectivity index (χ1) is 7.58. The molecule has 1 rings (SSSR count). The number of ether oxygens (including phenoxy) is 1. The Morgan fingerprint density at radius 1 is 1.25 bits per heavy atom. The van der Waals surface area contributed by atoms with Crippen molar-refractivity contribution in [3.63, 3.8) is 0 Å². The lowest BCUT2D eigenvalue weighted by Gasteiger charge is -2.08. The predicted molar refractivity (Wildman–Crippen MR) is 62.0 cm³/mol. The first-order valence-corrected chi connectivity index (χ1v) is 5.49. The van der Waals surface area contributed by atoms with Gasteiger partial charge in [-0.25, -0.2) is 0 Å². The number of hydrogen-bond donors (Lipinski definition) is 0. The normalized spacial score (nSPS) is 9.94. The average molecular weight is 241 g/mol. The minimum atomic E-state index is -0.382. The van der Waals surface area contributed by atoms with E-state index in [1.807, 2.05) is 0 Å². The predicted octanol–water partition coefficient (Wildman–Crippen LogP) is 3.25. The van der Waals surface area contributed by atoms with Gasteiger partial charge in [0.25, 0.3) is 0 Å². The van der Waals surface area contributed by atoms with Crippen molar-refractivity contribution in [2.75, 3.05) is 0 Å². The number of halogens is 1. The minimum absolute atomic E-state index is 0.0735. The fourth-order valence-electron chi connectivity index (χ4n) is 1.20. The molecule has 0 saturated carbocycles. The zero-order valence-corrected chi connectivity index (χ0v) is 10.0. The maximum atomic E-state index is 11.6. The number of carbonyl (C=O) groups is 2. The summed E-state index contributed by atoms with van der Waals surface area (Å²) in [5.74, 6) is -0.214. The molecule has 4 heteroatoms. The van der Waals surface area contributed by atoms with Crippen molar-refractivity contribution in [3.8, 4) is 5.75 Å². The third kappa shape index (κ3) is 3.07. The van der Waals surface area contributed by atoms with Crippen LogP contribution in [-0.4, -0.2) is 11.8 Å². The van der Waals surface area contributed by atoms with Crippen LogP contribution in [0.25, 0.3) is 0 Å². The first kappa shape index (κ1) is 12.7. The van der Waals surface area contributed by atoms with Crippen LogP contribution >= 0.6 is 11.6 Å². The number of esters is 1. The van der Waals surface area contributed by atoms with E-state index < -0.39 is 0 Å². The standard InChI is InChI=1S/C12H13ClO3/c1-3-10(14)9-6-5-8(13)7-11(9)16-12(15)4-2/h5-7H,3-4H2,1-2H3. The van der Waals surface area contributed by atoms with Crippen LogP contribution in [0.5, 0.6) is 5.75 Å². The van der Waals surface area contributed by atoms with Crippen molar-refractivity contribution in [2.45, 2.75) is 26.7 Å². The third-order valence-electron chi connectivity index (χ3n) is 2.08. The second kappa shape index (κ2) is 5.66. The summed E-state index contributed by atoms with van der Waals surface area (Å²) in [4.78, 5) is 22.8. The summed E-state index contributed by atoms with van der Waals surface area (Å²) in [5, 5.41) is 0.437. The number of benzene rings is 1. The molecule has 0 unspecified atom stereocenters. The summed E-state index contributed by atoms with van der Waals surface area (Å²) in [7, 11) is 0. The maximum absolute atomic E-state index is 11.6. The van der Waals surface area contributed by atoms with Crippen LogP contribution in [0, 0.1) is 0 Å². The molecular formula is C12H13ClO3. The van der Waals surface area contributed by atoms with Crippen LogP contribution in [0.4, 0.5) is 0 Å². The third-order valence-corrected chi connectivity index (χ3v) is 2.31. The number of rotatable bonds is 4. The van der Waals surface area contributed by atoms with Gasteiger partial charge in [-0.2, -0.15) is 0 Å². The Bertz CT molecular complexity index is 413. The molecule has 0 bridgehead atoms. The van der Waals surface area contributed by atoms with Gasteiger partial charge >= 0.3 is 5.97 Å². The van der Waals surface area contributed by atoms with Gasteiger partial charge in [-0.3, -0.25) is 9.59 Å². The van der Waals surface area contributed by atoms with Gasteiger partial charge in [0.1, 0.15) is 5.75 Å². The number of carbonyl (C=O) groups excluding carboxylic acids is 2. The summed E-state index contributed by atoms with van der Waals surface area (Å²) in [6.07, 6.45) is 0.616. The molecule has 0 aliphatic heterocycles. The zero-order valence-electron chi connectivity index (χ0n) is 9.25. The van der Waals surface area contributed by atoms with Crippen molar-refractivity contribution in [3.05, 3.63) is 28.8 Å². The highest BCUT2D eigenvalue weighted by Gasteiger charge is 2.13. The van der Waals surface area contributed by atoms with Gasteiger partial charge in [-0.15, -0.1) is 0 Å². The highest BCUT2D eigenvalue weighted by molar-refractivity contribution is 6.30. The Morgan fingerprint density at radius 3 is 2.50 bits per heavy atom. The summed E-state index contributed by atoms with van der Waals surface area (Å²) < 4.78 is 5.05. The van der Waals surface area contributed by atoms with Crippen molar-refractivity contribution in [1.82, 2.24) is 0 Å². The van der Waals surface area contributed by atoms with Crippen molar-refractivity contribution in [2.24, 2.45) is 0 Å². The van der Waals surface area contributed by atoms with E-state index in [-0.39, 0.29) is 23.9 Å². The average Bonchev–Trinajstić information content (AvgIpc) is 2.28. The second-order valence-electron chi connectivity index (χ2n) is 3.24. The van der Waals surface area contributed by atoms with Gasteiger partial charge in [0.2, 0.25) is 0 Å². The molecular weight excluding hydrogens is 228 g/mol. The highest BCUT2D eigenvalue weighted by atomic mass is 35.5. The SMILES string of the molecule is CCC(=O)Oc1cc(Cl)ccc1C(=O)CC. The molecule has 1 aromatic carbocycles. The molecule has 0 heterocycles. The fraction of sp³-hybridized carbons (Fsp3) is 0.333. The molecule has 0 atom stereocenters.